The third-order valence-corrected chi connectivity index (χ3v) is 4.85. The molecule has 0 aromatic heterocycles. The molecule has 3 heteroatoms. The molecule has 1 aromatic rings. The number of carbonyl (C=O) groups is 1. The van der Waals surface area contributed by atoms with E-state index in [1.165, 1.54) is 17.5 Å². The first-order valence-corrected chi connectivity index (χ1v) is 7.19. The molecule has 2 aliphatic rings. The van der Waals surface area contributed by atoms with E-state index in [1.807, 2.05) is 12.1 Å². The fourth-order valence-corrected chi connectivity index (χ4v) is 3.44. The lowest BCUT2D eigenvalue weighted by molar-refractivity contribution is -0.123. The zero-order valence-electron chi connectivity index (χ0n) is 10.4. The van der Waals surface area contributed by atoms with Crippen LogP contribution in [0.5, 0.6) is 0 Å². The summed E-state index contributed by atoms with van der Waals surface area (Å²) in [6.45, 7) is 0.742. The van der Waals surface area contributed by atoms with Crippen LogP contribution in [0.1, 0.15) is 36.3 Å². The van der Waals surface area contributed by atoms with Crippen LogP contribution >= 0.6 is 11.6 Å². The maximum Gasteiger partial charge on any atom is 0.227 e. The van der Waals surface area contributed by atoms with Gasteiger partial charge in [0.15, 0.2) is 0 Å². The van der Waals surface area contributed by atoms with Crippen molar-refractivity contribution in [1.29, 1.82) is 0 Å². The van der Waals surface area contributed by atoms with Crippen molar-refractivity contribution in [1.82, 2.24) is 5.32 Å². The van der Waals surface area contributed by atoms with E-state index in [0.29, 0.717) is 5.92 Å². The Hall–Kier alpha value is -1.02. The fraction of sp³-hybridized carbons (Fsp3) is 0.533. The molecule has 0 radical (unpaired) electrons. The number of hydrogen-bond acceptors (Lipinski definition) is 1. The molecule has 3 atom stereocenters. The van der Waals surface area contributed by atoms with Crippen LogP contribution in [0.25, 0.3) is 0 Å². The summed E-state index contributed by atoms with van der Waals surface area (Å²) in [5, 5.41) is 3.32. The van der Waals surface area contributed by atoms with Gasteiger partial charge in [0, 0.05) is 11.9 Å². The van der Waals surface area contributed by atoms with Crippen LogP contribution in [0.15, 0.2) is 24.3 Å². The summed E-state index contributed by atoms with van der Waals surface area (Å²) in [6, 6.07) is 8.20. The Morgan fingerprint density at radius 1 is 1.33 bits per heavy atom. The van der Waals surface area contributed by atoms with Gasteiger partial charge in [-0.3, -0.25) is 4.79 Å². The van der Waals surface area contributed by atoms with Gasteiger partial charge in [0.25, 0.3) is 0 Å². The Morgan fingerprint density at radius 2 is 2.17 bits per heavy atom. The van der Waals surface area contributed by atoms with Gasteiger partial charge in [-0.2, -0.15) is 0 Å². The quantitative estimate of drug-likeness (QED) is 0.835. The molecule has 18 heavy (non-hydrogen) atoms. The van der Waals surface area contributed by atoms with E-state index in [2.05, 4.69) is 17.4 Å². The molecular weight excluding hydrogens is 246 g/mol. The van der Waals surface area contributed by atoms with Crippen molar-refractivity contribution < 1.29 is 4.79 Å². The van der Waals surface area contributed by atoms with Gasteiger partial charge in [-0.1, -0.05) is 30.7 Å². The Bertz CT molecular complexity index is 460. The summed E-state index contributed by atoms with van der Waals surface area (Å²) in [4.78, 5) is 12.1. The first-order chi connectivity index (χ1) is 8.75. The second-order valence-corrected chi connectivity index (χ2v) is 5.97. The number of benzene rings is 1. The van der Waals surface area contributed by atoms with E-state index in [0.717, 1.165) is 25.8 Å². The largest absolute Gasteiger partial charge is 0.355 e. The minimum Gasteiger partial charge on any atom is -0.355 e. The molecular formula is C15H18ClNO. The Kier molecular flexibility index (Phi) is 3.29. The van der Waals surface area contributed by atoms with E-state index in [1.54, 1.807) is 0 Å². The molecule has 3 unspecified atom stereocenters. The van der Waals surface area contributed by atoms with Crippen LogP contribution in [0.4, 0.5) is 0 Å². The van der Waals surface area contributed by atoms with Gasteiger partial charge in [-0.15, -0.1) is 11.6 Å². The Labute approximate surface area is 113 Å². The maximum atomic E-state index is 12.1. The molecule has 3 rings (SSSR count). The van der Waals surface area contributed by atoms with Crippen LogP contribution in [0.3, 0.4) is 0 Å². The number of rotatable bonds is 3. The Balaban J connectivity index is 1.54. The average molecular weight is 264 g/mol. The highest BCUT2D eigenvalue weighted by molar-refractivity contribution is 6.21. The third kappa shape index (κ3) is 2.14. The predicted molar refractivity (Wildman–Crippen MR) is 72.9 cm³/mol. The molecule has 1 fully saturated rings. The molecule has 2 aliphatic carbocycles. The van der Waals surface area contributed by atoms with Crippen LogP contribution in [0.2, 0.25) is 0 Å². The standard InChI is InChI=1S/C15H18ClNO/c16-14-7-3-5-11(14)9-17-15(18)13-8-10-4-1-2-6-12(10)13/h1-2,4,6,11,13-14H,3,5,7-9H2,(H,17,18). The summed E-state index contributed by atoms with van der Waals surface area (Å²) >= 11 is 6.22. The van der Waals surface area contributed by atoms with Crippen molar-refractivity contribution in [2.75, 3.05) is 6.54 Å². The molecule has 0 heterocycles. The summed E-state index contributed by atoms with van der Waals surface area (Å²) < 4.78 is 0. The normalized spacial score (nSPS) is 29.5. The lowest BCUT2D eigenvalue weighted by Crippen LogP contribution is -2.38. The fourth-order valence-electron chi connectivity index (χ4n) is 3.07. The molecule has 1 aromatic carbocycles. The predicted octanol–water partition coefficient (Wildman–Crippen LogP) is 2.85. The Morgan fingerprint density at radius 3 is 2.89 bits per heavy atom. The monoisotopic (exact) mass is 263 g/mol. The van der Waals surface area contributed by atoms with E-state index in [4.69, 9.17) is 11.6 Å². The smallest absolute Gasteiger partial charge is 0.227 e. The SMILES string of the molecule is O=C(NCC1CCCC1Cl)C1Cc2ccccc21. The topological polar surface area (TPSA) is 29.1 Å². The highest BCUT2D eigenvalue weighted by Gasteiger charge is 2.32. The van der Waals surface area contributed by atoms with Crippen molar-refractivity contribution >= 4 is 17.5 Å². The highest BCUT2D eigenvalue weighted by atomic mass is 35.5. The second-order valence-electron chi connectivity index (χ2n) is 5.41. The minimum absolute atomic E-state index is 0.0661. The van der Waals surface area contributed by atoms with Gasteiger partial charge in [-0.05, 0) is 36.3 Å². The summed E-state index contributed by atoms with van der Waals surface area (Å²) in [5.74, 6) is 0.701. The van der Waals surface area contributed by atoms with E-state index in [9.17, 15) is 4.79 Å². The van der Waals surface area contributed by atoms with Gasteiger partial charge in [0.05, 0.1) is 5.92 Å². The lowest BCUT2D eigenvalue weighted by atomic mass is 9.77. The van der Waals surface area contributed by atoms with E-state index >= 15 is 0 Å². The van der Waals surface area contributed by atoms with E-state index < -0.39 is 0 Å². The molecule has 0 aliphatic heterocycles. The molecule has 2 nitrogen and oxygen atoms in total. The van der Waals surface area contributed by atoms with Gasteiger partial charge in [0.2, 0.25) is 5.91 Å². The molecule has 1 saturated carbocycles. The molecule has 96 valence electrons. The summed E-state index contributed by atoms with van der Waals surface area (Å²) in [6.07, 6.45) is 4.32. The van der Waals surface area contributed by atoms with Crippen LogP contribution in [-0.4, -0.2) is 17.8 Å². The summed E-state index contributed by atoms with van der Waals surface area (Å²) in [7, 11) is 0. The van der Waals surface area contributed by atoms with Gasteiger partial charge < -0.3 is 5.32 Å². The second kappa shape index (κ2) is 4.93. The van der Waals surface area contributed by atoms with Crippen molar-refractivity contribution in [2.24, 2.45) is 5.92 Å². The molecule has 0 bridgehead atoms. The number of halogens is 1. The number of alkyl halides is 1. The molecule has 1 N–H and O–H groups in total. The number of amides is 1. The van der Waals surface area contributed by atoms with Crippen molar-refractivity contribution in [3.63, 3.8) is 0 Å². The number of nitrogens with one attached hydrogen (secondary N) is 1. The van der Waals surface area contributed by atoms with Crippen LogP contribution < -0.4 is 5.32 Å². The van der Waals surface area contributed by atoms with Gasteiger partial charge in [-0.25, -0.2) is 0 Å². The zero-order valence-corrected chi connectivity index (χ0v) is 11.1. The van der Waals surface area contributed by atoms with Crippen LogP contribution in [0, 0.1) is 5.92 Å². The molecule has 0 saturated heterocycles. The maximum absolute atomic E-state index is 12.1. The highest BCUT2D eigenvalue weighted by Crippen LogP contribution is 2.35. The van der Waals surface area contributed by atoms with E-state index in [-0.39, 0.29) is 17.2 Å². The number of carbonyl (C=O) groups excluding carboxylic acids is 1. The first kappa shape index (κ1) is 12.0. The van der Waals surface area contributed by atoms with Crippen molar-refractivity contribution in [2.45, 2.75) is 37.0 Å². The zero-order chi connectivity index (χ0) is 12.5. The lowest BCUT2D eigenvalue weighted by Gasteiger charge is -2.29. The van der Waals surface area contributed by atoms with Crippen molar-refractivity contribution in [3.05, 3.63) is 35.4 Å². The summed E-state index contributed by atoms with van der Waals surface area (Å²) in [5.41, 5.74) is 2.51. The van der Waals surface area contributed by atoms with Crippen LogP contribution in [-0.2, 0) is 11.2 Å². The first-order valence-electron chi connectivity index (χ1n) is 6.75. The molecule has 1 amide bonds. The molecule has 0 spiro atoms. The average Bonchev–Trinajstić information content (AvgIpc) is 2.74. The van der Waals surface area contributed by atoms with Gasteiger partial charge in [0.1, 0.15) is 0 Å². The van der Waals surface area contributed by atoms with Crippen molar-refractivity contribution in [3.8, 4) is 0 Å². The number of hydrogen-bond donors (Lipinski definition) is 1. The number of fused-ring (bicyclic) bond motifs is 1. The minimum atomic E-state index is 0.0661. The van der Waals surface area contributed by atoms with Gasteiger partial charge >= 0.3 is 0 Å². The third-order valence-electron chi connectivity index (χ3n) is 4.28.